The van der Waals surface area contributed by atoms with Crippen molar-refractivity contribution in [3.05, 3.63) is 36.0 Å². The number of hydrogen-bond acceptors (Lipinski definition) is 2. The highest BCUT2D eigenvalue weighted by Gasteiger charge is 2.27. The molecule has 0 fully saturated rings. The number of carbonyl (C=O) groups excluding carboxylic acids is 1. The lowest BCUT2D eigenvalue weighted by Gasteiger charge is -2.31. The Balaban J connectivity index is 2.29. The van der Waals surface area contributed by atoms with Gasteiger partial charge in [-0.25, -0.2) is 0 Å². The average Bonchev–Trinajstić information content (AvgIpc) is 2.89. The van der Waals surface area contributed by atoms with Gasteiger partial charge in [0.2, 0.25) is 0 Å². The van der Waals surface area contributed by atoms with Crippen molar-refractivity contribution in [1.29, 1.82) is 0 Å². The summed E-state index contributed by atoms with van der Waals surface area (Å²) in [6.07, 6.45) is 3.41. The maximum Gasteiger partial charge on any atom is 0.253 e. The fourth-order valence-corrected chi connectivity index (χ4v) is 2.33. The second-order valence-corrected chi connectivity index (χ2v) is 4.89. The van der Waals surface area contributed by atoms with E-state index in [0.29, 0.717) is 12.1 Å². The van der Waals surface area contributed by atoms with Crippen LogP contribution in [0.3, 0.4) is 0 Å². The number of amides is 1. The van der Waals surface area contributed by atoms with Crippen LogP contribution in [0.15, 0.2) is 30.5 Å². The Bertz CT molecular complexity index is 561. The fraction of sp³-hybridized carbons (Fsp3) is 0.400. The van der Waals surface area contributed by atoms with Crippen molar-refractivity contribution in [2.45, 2.75) is 32.2 Å². The first kappa shape index (κ1) is 13.6. The van der Waals surface area contributed by atoms with Crippen molar-refractivity contribution < 1.29 is 4.79 Å². The number of carbonyl (C=O) groups is 1. The molecule has 0 saturated carbocycles. The van der Waals surface area contributed by atoms with E-state index in [0.717, 1.165) is 23.7 Å². The van der Waals surface area contributed by atoms with Gasteiger partial charge in [-0.3, -0.25) is 4.79 Å². The number of benzene rings is 1. The number of para-hydroxylation sites is 1. The van der Waals surface area contributed by atoms with Gasteiger partial charge in [-0.15, -0.1) is 0 Å². The predicted octanol–water partition coefficient (Wildman–Crippen LogP) is 2.42. The monoisotopic (exact) mass is 259 g/mol. The molecule has 1 heterocycles. The molecule has 0 spiro atoms. The summed E-state index contributed by atoms with van der Waals surface area (Å²) >= 11 is 0. The highest BCUT2D eigenvalue weighted by atomic mass is 16.1. The third kappa shape index (κ3) is 2.49. The molecule has 0 aliphatic rings. The third-order valence-corrected chi connectivity index (χ3v) is 3.96. The summed E-state index contributed by atoms with van der Waals surface area (Å²) in [7, 11) is 0. The lowest BCUT2D eigenvalue weighted by atomic mass is 9.92. The summed E-state index contributed by atoms with van der Waals surface area (Å²) in [5.74, 6) is -0.0633. The zero-order valence-electron chi connectivity index (χ0n) is 11.5. The minimum absolute atomic E-state index is 0.0633. The van der Waals surface area contributed by atoms with E-state index in [1.54, 1.807) is 6.20 Å². The lowest BCUT2D eigenvalue weighted by molar-refractivity contribution is 0.0897. The molecule has 1 aromatic carbocycles. The molecule has 102 valence electrons. The minimum atomic E-state index is -0.310. The summed E-state index contributed by atoms with van der Waals surface area (Å²) in [6, 6.07) is 7.79. The van der Waals surface area contributed by atoms with Crippen LogP contribution < -0.4 is 11.1 Å². The van der Waals surface area contributed by atoms with Crippen molar-refractivity contribution in [1.82, 2.24) is 10.3 Å². The van der Waals surface area contributed by atoms with Gasteiger partial charge < -0.3 is 16.0 Å². The van der Waals surface area contributed by atoms with Crippen LogP contribution in [0.1, 0.15) is 37.0 Å². The number of rotatable bonds is 5. The Morgan fingerprint density at radius 2 is 2.00 bits per heavy atom. The average molecular weight is 259 g/mol. The van der Waals surface area contributed by atoms with E-state index in [1.807, 2.05) is 38.1 Å². The van der Waals surface area contributed by atoms with Crippen molar-refractivity contribution >= 4 is 16.8 Å². The highest BCUT2D eigenvalue weighted by Crippen LogP contribution is 2.20. The molecular weight excluding hydrogens is 238 g/mol. The van der Waals surface area contributed by atoms with E-state index in [4.69, 9.17) is 5.73 Å². The SMILES string of the molecule is CCC(CC)(CN)NC(=O)c1c[nH]c2ccccc12. The third-order valence-electron chi connectivity index (χ3n) is 3.96. The van der Waals surface area contributed by atoms with E-state index >= 15 is 0 Å². The Labute approximate surface area is 113 Å². The van der Waals surface area contributed by atoms with Gasteiger partial charge in [0, 0.05) is 23.6 Å². The van der Waals surface area contributed by atoms with E-state index in [9.17, 15) is 4.79 Å². The molecule has 1 aromatic heterocycles. The molecule has 0 radical (unpaired) electrons. The van der Waals surface area contributed by atoms with Crippen LogP contribution in [0.25, 0.3) is 10.9 Å². The molecule has 2 aromatic rings. The number of fused-ring (bicyclic) bond motifs is 1. The van der Waals surface area contributed by atoms with Gasteiger partial charge >= 0.3 is 0 Å². The number of hydrogen-bond donors (Lipinski definition) is 3. The number of aromatic amines is 1. The van der Waals surface area contributed by atoms with Crippen molar-refractivity contribution in [2.75, 3.05) is 6.54 Å². The number of nitrogens with one attached hydrogen (secondary N) is 2. The molecule has 4 nitrogen and oxygen atoms in total. The van der Waals surface area contributed by atoms with Gasteiger partial charge in [-0.05, 0) is 18.9 Å². The van der Waals surface area contributed by atoms with Crippen LogP contribution in [0.5, 0.6) is 0 Å². The smallest absolute Gasteiger partial charge is 0.253 e. The second-order valence-electron chi connectivity index (χ2n) is 4.89. The summed E-state index contributed by atoms with van der Waals surface area (Å²) < 4.78 is 0. The van der Waals surface area contributed by atoms with Gasteiger partial charge in [-0.2, -0.15) is 0 Å². The van der Waals surface area contributed by atoms with Crippen LogP contribution in [-0.2, 0) is 0 Å². The predicted molar refractivity (Wildman–Crippen MR) is 78.1 cm³/mol. The highest BCUT2D eigenvalue weighted by molar-refractivity contribution is 6.06. The van der Waals surface area contributed by atoms with Gasteiger partial charge in [-0.1, -0.05) is 32.0 Å². The van der Waals surface area contributed by atoms with Crippen LogP contribution in [-0.4, -0.2) is 23.0 Å². The van der Waals surface area contributed by atoms with E-state index < -0.39 is 0 Å². The zero-order valence-corrected chi connectivity index (χ0v) is 11.5. The quantitative estimate of drug-likeness (QED) is 0.771. The maximum absolute atomic E-state index is 12.4. The molecule has 1 amide bonds. The van der Waals surface area contributed by atoms with E-state index in [2.05, 4.69) is 10.3 Å². The molecule has 0 unspecified atom stereocenters. The summed E-state index contributed by atoms with van der Waals surface area (Å²) in [6.45, 7) is 4.55. The molecule has 0 aliphatic carbocycles. The van der Waals surface area contributed by atoms with Crippen LogP contribution in [0.2, 0.25) is 0 Å². The Morgan fingerprint density at radius 3 is 2.63 bits per heavy atom. The fourth-order valence-electron chi connectivity index (χ4n) is 2.33. The molecule has 0 aliphatic heterocycles. The summed E-state index contributed by atoms with van der Waals surface area (Å²) in [5, 5.41) is 4.03. The van der Waals surface area contributed by atoms with Crippen LogP contribution in [0.4, 0.5) is 0 Å². The van der Waals surface area contributed by atoms with Gasteiger partial charge in [0.15, 0.2) is 0 Å². The summed E-state index contributed by atoms with van der Waals surface area (Å²) in [4.78, 5) is 15.5. The molecular formula is C15H21N3O. The number of nitrogens with two attached hydrogens (primary N) is 1. The molecule has 0 saturated heterocycles. The molecule has 2 rings (SSSR count). The molecule has 19 heavy (non-hydrogen) atoms. The normalized spacial score (nSPS) is 11.7. The van der Waals surface area contributed by atoms with E-state index in [1.165, 1.54) is 0 Å². The first-order valence-electron chi connectivity index (χ1n) is 6.74. The second kappa shape index (κ2) is 5.45. The Morgan fingerprint density at radius 1 is 1.32 bits per heavy atom. The van der Waals surface area contributed by atoms with Gasteiger partial charge in [0.1, 0.15) is 0 Å². The Kier molecular flexibility index (Phi) is 3.90. The van der Waals surface area contributed by atoms with Crippen LogP contribution in [0, 0.1) is 0 Å². The van der Waals surface area contributed by atoms with E-state index in [-0.39, 0.29) is 11.4 Å². The minimum Gasteiger partial charge on any atom is -0.360 e. The lowest BCUT2D eigenvalue weighted by Crippen LogP contribution is -2.52. The molecule has 4 heteroatoms. The van der Waals surface area contributed by atoms with Gasteiger partial charge in [0.25, 0.3) is 5.91 Å². The Hall–Kier alpha value is -1.81. The number of aromatic nitrogens is 1. The molecule has 0 atom stereocenters. The largest absolute Gasteiger partial charge is 0.360 e. The van der Waals surface area contributed by atoms with Crippen molar-refractivity contribution in [2.24, 2.45) is 5.73 Å². The van der Waals surface area contributed by atoms with Crippen molar-refractivity contribution in [3.8, 4) is 0 Å². The van der Waals surface area contributed by atoms with Crippen molar-refractivity contribution in [3.63, 3.8) is 0 Å². The number of H-pyrrole nitrogens is 1. The van der Waals surface area contributed by atoms with Crippen LogP contribution >= 0.6 is 0 Å². The maximum atomic E-state index is 12.4. The first-order valence-corrected chi connectivity index (χ1v) is 6.74. The molecule has 4 N–H and O–H groups in total. The summed E-state index contributed by atoms with van der Waals surface area (Å²) in [5.41, 5.74) is 7.16. The molecule has 0 bridgehead atoms. The topological polar surface area (TPSA) is 70.9 Å². The zero-order chi connectivity index (χ0) is 13.9. The first-order chi connectivity index (χ1) is 9.15. The standard InChI is InChI=1S/C15H21N3O/c1-3-15(4-2,10-16)18-14(19)12-9-17-13-8-6-5-7-11(12)13/h5-9,17H,3-4,10,16H2,1-2H3,(H,18,19). The van der Waals surface area contributed by atoms with Gasteiger partial charge in [0.05, 0.1) is 11.1 Å².